The van der Waals surface area contributed by atoms with E-state index in [0.717, 1.165) is 32.8 Å². The summed E-state index contributed by atoms with van der Waals surface area (Å²) >= 11 is 1.59. The molecule has 0 aliphatic carbocycles. The van der Waals surface area contributed by atoms with Gasteiger partial charge in [-0.25, -0.2) is 9.97 Å². The number of hydrogen-bond acceptors (Lipinski definition) is 5. The van der Waals surface area contributed by atoms with Crippen LogP contribution in [0.4, 0.5) is 11.5 Å². The molecule has 2 aromatic heterocycles. The number of nitrogens with one attached hydrogen (secondary N) is 1. The Kier molecular flexibility index (Phi) is 3.87. The lowest BCUT2D eigenvalue weighted by Crippen LogP contribution is -2.10. The Morgan fingerprint density at radius 2 is 1.76 bits per heavy atom. The molecule has 0 saturated carbocycles. The summed E-state index contributed by atoms with van der Waals surface area (Å²) in [5, 5.41) is 6.39. The third-order valence-electron chi connectivity index (χ3n) is 3.89. The topological polar surface area (TPSA) is 80.9 Å². The minimum absolute atomic E-state index is 0.444. The fourth-order valence-electron chi connectivity index (χ4n) is 2.65. The minimum Gasteiger partial charge on any atom is -0.366 e. The Morgan fingerprint density at radius 1 is 1.00 bits per heavy atom. The summed E-state index contributed by atoms with van der Waals surface area (Å²) in [6.45, 7) is 0. The van der Waals surface area contributed by atoms with Crippen LogP contribution in [-0.4, -0.2) is 15.9 Å². The molecule has 0 spiro atoms. The first-order valence-corrected chi connectivity index (χ1v) is 8.55. The van der Waals surface area contributed by atoms with Crippen molar-refractivity contribution in [3.05, 3.63) is 71.9 Å². The van der Waals surface area contributed by atoms with Crippen LogP contribution in [0.15, 0.2) is 66.3 Å². The lowest BCUT2D eigenvalue weighted by Gasteiger charge is -2.09. The summed E-state index contributed by atoms with van der Waals surface area (Å²) in [4.78, 5) is 20.9. The second-order valence-electron chi connectivity index (χ2n) is 5.48. The first-order valence-electron chi connectivity index (χ1n) is 7.67. The number of fused-ring (bicyclic) bond motifs is 1. The van der Waals surface area contributed by atoms with Gasteiger partial charge in [0.05, 0.1) is 5.39 Å². The smallest absolute Gasteiger partial charge is 0.248 e. The highest BCUT2D eigenvalue weighted by molar-refractivity contribution is 7.17. The van der Waals surface area contributed by atoms with E-state index in [0.29, 0.717) is 5.56 Å². The van der Waals surface area contributed by atoms with Gasteiger partial charge in [-0.15, -0.1) is 11.3 Å². The predicted octanol–water partition coefficient (Wildman–Crippen LogP) is 4.20. The van der Waals surface area contributed by atoms with Crippen molar-refractivity contribution in [3.8, 4) is 11.1 Å². The largest absolute Gasteiger partial charge is 0.366 e. The van der Waals surface area contributed by atoms with Gasteiger partial charge in [-0.3, -0.25) is 4.79 Å². The number of carbonyl (C=O) groups is 1. The summed E-state index contributed by atoms with van der Waals surface area (Å²) in [6.07, 6.45) is 1.55. The van der Waals surface area contributed by atoms with Gasteiger partial charge in [-0.1, -0.05) is 30.3 Å². The number of aromatic nitrogens is 2. The van der Waals surface area contributed by atoms with Crippen molar-refractivity contribution < 1.29 is 4.79 Å². The van der Waals surface area contributed by atoms with Gasteiger partial charge in [0, 0.05) is 22.2 Å². The number of nitrogens with zero attached hydrogens (tertiary/aromatic N) is 2. The zero-order valence-electron chi connectivity index (χ0n) is 13.1. The first kappa shape index (κ1) is 15.3. The number of rotatable bonds is 4. The Bertz CT molecular complexity index is 1040. The number of primary amides is 1. The number of anilines is 2. The number of benzene rings is 2. The standard InChI is InChI=1S/C19H14N4OS/c20-17(24)13-6-8-14(9-7-13)23-18-16-15(12-4-2-1-3-5-12)10-25-19(16)22-11-21-18/h1-11H,(H2,20,24)(H,21,22,23). The van der Waals surface area contributed by atoms with Crippen LogP contribution in [0.2, 0.25) is 0 Å². The van der Waals surface area contributed by atoms with Crippen molar-refractivity contribution in [3.63, 3.8) is 0 Å². The second-order valence-corrected chi connectivity index (χ2v) is 6.34. The van der Waals surface area contributed by atoms with Crippen LogP contribution in [0.3, 0.4) is 0 Å². The molecule has 0 atom stereocenters. The zero-order valence-corrected chi connectivity index (χ0v) is 14.0. The molecule has 0 bridgehead atoms. The van der Waals surface area contributed by atoms with Crippen molar-refractivity contribution in [2.45, 2.75) is 0 Å². The molecule has 0 unspecified atom stereocenters. The molecule has 25 heavy (non-hydrogen) atoms. The van der Waals surface area contributed by atoms with Crippen LogP contribution >= 0.6 is 11.3 Å². The van der Waals surface area contributed by atoms with E-state index >= 15 is 0 Å². The molecule has 0 aliphatic rings. The van der Waals surface area contributed by atoms with E-state index in [1.54, 1.807) is 29.8 Å². The molecule has 2 aromatic carbocycles. The normalized spacial score (nSPS) is 10.7. The predicted molar refractivity (Wildman–Crippen MR) is 101 cm³/mol. The lowest BCUT2D eigenvalue weighted by molar-refractivity contribution is 0.100. The van der Waals surface area contributed by atoms with Crippen LogP contribution in [0.5, 0.6) is 0 Å². The molecular formula is C19H14N4OS. The lowest BCUT2D eigenvalue weighted by atomic mass is 10.1. The summed E-state index contributed by atoms with van der Waals surface area (Å²) in [7, 11) is 0. The highest BCUT2D eigenvalue weighted by Gasteiger charge is 2.13. The third-order valence-corrected chi connectivity index (χ3v) is 4.77. The van der Waals surface area contributed by atoms with E-state index in [1.807, 2.05) is 30.3 Å². The molecular weight excluding hydrogens is 332 g/mol. The molecule has 3 N–H and O–H groups in total. The van der Waals surface area contributed by atoms with Crippen molar-refractivity contribution in [2.24, 2.45) is 5.73 Å². The van der Waals surface area contributed by atoms with Crippen LogP contribution in [0.1, 0.15) is 10.4 Å². The molecule has 0 aliphatic heterocycles. The Labute approximate surface area is 148 Å². The number of hydrogen-bond donors (Lipinski definition) is 2. The monoisotopic (exact) mass is 346 g/mol. The average molecular weight is 346 g/mol. The zero-order chi connectivity index (χ0) is 17.2. The Morgan fingerprint density at radius 3 is 2.48 bits per heavy atom. The van der Waals surface area contributed by atoms with Crippen molar-refractivity contribution in [1.82, 2.24) is 9.97 Å². The summed E-state index contributed by atoms with van der Waals surface area (Å²) in [5.41, 5.74) is 8.80. The molecule has 0 fully saturated rings. The Balaban J connectivity index is 1.77. The number of carbonyl (C=O) groups excluding carboxylic acids is 1. The van der Waals surface area contributed by atoms with Crippen LogP contribution in [0, 0.1) is 0 Å². The highest BCUT2D eigenvalue weighted by Crippen LogP contribution is 2.37. The molecule has 4 aromatic rings. The molecule has 6 heteroatoms. The minimum atomic E-state index is -0.444. The average Bonchev–Trinajstić information content (AvgIpc) is 3.08. The van der Waals surface area contributed by atoms with E-state index < -0.39 is 5.91 Å². The van der Waals surface area contributed by atoms with E-state index in [1.165, 1.54) is 0 Å². The number of thiophene rings is 1. The maximum atomic E-state index is 11.2. The molecule has 4 rings (SSSR count). The van der Waals surface area contributed by atoms with Crippen LogP contribution in [0.25, 0.3) is 21.3 Å². The van der Waals surface area contributed by atoms with Gasteiger partial charge < -0.3 is 11.1 Å². The van der Waals surface area contributed by atoms with Gasteiger partial charge in [0.1, 0.15) is 17.0 Å². The van der Waals surface area contributed by atoms with Crippen molar-refractivity contribution >= 4 is 39.0 Å². The molecule has 1 amide bonds. The molecule has 0 radical (unpaired) electrons. The SMILES string of the molecule is NC(=O)c1ccc(Nc2ncnc3scc(-c4ccccc4)c23)cc1. The van der Waals surface area contributed by atoms with Gasteiger partial charge in [0.15, 0.2) is 0 Å². The van der Waals surface area contributed by atoms with Gasteiger partial charge in [0.2, 0.25) is 5.91 Å². The number of amides is 1. The number of nitrogens with two attached hydrogens (primary N) is 1. The molecule has 2 heterocycles. The van der Waals surface area contributed by atoms with E-state index in [9.17, 15) is 4.79 Å². The quantitative estimate of drug-likeness (QED) is 0.580. The first-order chi connectivity index (χ1) is 12.2. The van der Waals surface area contributed by atoms with E-state index in [2.05, 4.69) is 32.8 Å². The summed E-state index contributed by atoms with van der Waals surface area (Å²) < 4.78 is 0. The Hall–Kier alpha value is -3.25. The fourth-order valence-corrected chi connectivity index (χ4v) is 3.57. The van der Waals surface area contributed by atoms with E-state index in [-0.39, 0.29) is 0 Å². The van der Waals surface area contributed by atoms with Crippen LogP contribution < -0.4 is 11.1 Å². The summed E-state index contributed by atoms with van der Waals surface area (Å²) in [6, 6.07) is 17.2. The van der Waals surface area contributed by atoms with Gasteiger partial charge in [0.25, 0.3) is 0 Å². The van der Waals surface area contributed by atoms with Gasteiger partial charge in [-0.2, -0.15) is 0 Å². The van der Waals surface area contributed by atoms with Crippen molar-refractivity contribution in [1.29, 1.82) is 0 Å². The molecule has 0 saturated heterocycles. The van der Waals surface area contributed by atoms with Gasteiger partial charge >= 0.3 is 0 Å². The highest BCUT2D eigenvalue weighted by atomic mass is 32.1. The maximum absolute atomic E-state index is 11.2. The second kappa shape index (κ2) is 6.33. The van der Waals surface area contributed by atoms with Crippen LogP contribution in [-0.2, 0) is 0 Å². The van der Waals surface area contributed by atoms with Gasteiger partial charge in [-0.05, 0) is 29.8 Å². The molecule has 5 nitrogen and oxygen atoms in total. The maximum Gasteiger partial charge on any atom is 0.248 e. The third kappa shape index (κ3) is 2.95. The van der Waals surface area contributed by atoms with E-state index in [4.69, 9.17) is 5.73 Å². The van der Waals surface area contributed by atoms with Crippen molar-refractivity contribution in [2.75, 3.05) is 5.32 Å². The molecule has 122 valence electrons. The summed E-state index contributed by atoms with van der Waals surface area (Å²) in [5.74, 6) is 0.289. The fraction of sp³-hybridized carbons (Fsp3) is 0.